The van der Waals surface area contributed by atoms with Crippen LogP contribution in [0.3, 0.4) is 0 Å². The van der Waals surface area contributed by atoms with Crippen LogP contribution in [0, 0.1) is 0 Å². The van der Waals surface area contributed by atoms with Gasteiger partial charge in [-0.3, -0.25) is 0 Å². The van der Waals surface area contributed by atoms with E-state index < -0.39 is 5.97 Å². The zero-order chi connectivity index (χ0) is 21.1. The number of nitrogens with zero attached hydrogens (tertiary/aromatic N) is 1. The molecule has 3 nitrogen and oxygen atoms in total. The van der Waals surface area contributed by atoms with Crippen LogP contribution in [0.25, 0.3) is 33.3 Å². The minimum Gasteiger partial charge on any atom is -0.550 e. The number of aromatic nitrogens is 1. The first kappa shape index (κ1) is 20.1. The fourth-order valence-electron chi connectivity index (χ4n) is 3.88. The fraction of sp³-hybridized carbons (Fsp3) is 0.154. The lowest BCUT2D eigenvalue weighted by Gasteiger charge is -2.19. The van der Waals surface area contributed by atoms with Gasteiger partial charge in [-0.2, -0.15) is 0 Å². The third-order valence-electron chi connectivity index (χ3n) is 5.20. The zero-order valence-electron chi connectivity index (χ0n) is 16.7. The summed E-state index contributed by atoms with van der Waals surface area (Å²) in [6.07, 6.45) is 1.85. The smallest absolute Gasteiger partial charge is 0.0751 e. The molecule has 0 atom stereocenters. The molecular formula is C26H21ClNO2-. The highest BCUT2D eigenvalue weighted by atomic mass is 35.5. The highest BCUT2D eigenvalue weighted by Gasteiger charge is 2.18. The normalized spacial score (nSPS) is 11.0. The molecule has 0 amide bonds. The number of aryl methyl sites for hydroxylation is 1. The summed E-state index contributed by atoms with van der Waals surface area (Å²) >= 11 is 6.28. The third-order valence-corrected chi connectivity index (χ3v) is 5.43. The van der Waals surface area contributed by atoms with Gasteiger partial charge in [0.25, 0.3) is 0 Å². The van der Waals surface area contributed by atoms with Crippen LogP contribution in [-0.2, 0) is 17.6 Å². The van der Waals surface area contributed by atoms with E-state index in [1.165, 1.54) is 5.56 Å². The number of halogens is 1. The highest BCUT2D eigenvalue weighted by Crippen LogP contribution is 2.38. The van der Waals surface area contributed by atoms with Crippen LogP contribution in [0.2, 0.25) is 5.02 Å². The Morgan fingerprint density at radius 3 is 2.37 bits per heavy atom. The van der Waals surface area contributed by atoms with Crippen molar-refractivity contribution in [2.75, 3.05) is 0 Å². The van der Waals surface area contributed by atoms with Crippen LogP contribution < -0.4 is 5.11 Å². The van der Waals surface area contributed by atoms with E-state index in [0.29, 0.717) is 16.3 Å². The highest BCUT2D eigenvalue weighted by molar-refractivity contribution is 6.31. The first-order chi connectivity index (χ1) is 14.6. The molecule has 0 N–H and O–H groups in total. The van der Waals surface area contributed by atoms with Crippen molar-refractivity contribution in [3.8, 4) is 22.4 Å². The molecule has 0 saturated heterocycles. The predicted molar refractivity (Wildman–Crippen MR) is 120 cm³/mol. The van der Waals surface area contributed by atoms with E-state index in [1.54, 1.807) is 6.07 Å². The Labute approximate surface area is 181 Å². The molecule has 30 heavy (non-hydrogen) atoms. The van der Waals surface area contributed by atoms with Gasteiger partial charge in [-0.1, -0.05) is 79.5 Å². The van der Waals surface area contributed by atoms with E-state index in [2.05, 4.69) is 19.1 Å². The summed E-state index contributed by atoms with van der Waals surface area (Å²) in [5, 5.41) is 13.1. The molecule has 0 unspecified atom stereocenters. The van der Waals surface area contributed by atoms with Crippen molar-refractivity contribution in [3.63, 3.8) is 0 Å². The van der Waals surface area contributed by atoms with Gasteiger partial charge in [-0.05, 0) is 46.9 Å². The van der Waals surface area contributed by atoms with Gasteiger partial charge in [0.05, 0.1) is 11.2 Å². The Hall–Kier alpha value is -3.17. The molecule has 0 aliphatic heterocycles. The van der Waals surface area contributed by atoms with Crippen LogP contribution in [0.5, 0.6) is 0 Å². The lowest BCUT2D eigenvalue weighted by molar-refractivity contribution is -0.304. The molecule has 4 heteroatoms. The Bertz CT molecular complexity index is 1200. The van der Waals surface area contributed by atoms with Crippen molar-refractivity contribution in [2.45, 2.75) is 26.2 Å². The summed E-state index contributed by atoms with van der Waals surface area (Å²) < 4.78 is 0. The number of carbonyl (C=O) groups excluding carboxylic acids is 1. The Kier molecular flexibility index (Phi) is 5.82. The SMILES string of the molecule is CCCc1ccc(-c2nc3ccc(Cl)cc3c(-c3ccccc3)c2CC(=O)[O-])cc1. The zero-order valence-corrected chi connectivity index (χ0v) is 17.4. The first-order valence-corrected chi connectivity index (χ1v) is 10.4. The second-order valence-electron chi connectivity index (χ2n) is 7.34. The van der Waals surface area contributed by atoms with E-state index in [-0.39, 0.29) is 6.42 Å². The van der Waals surface area contributed by atoms with Crippen molar-refractivity contribution in [1.82, 2.24) is 4.98 Å². The summed E-state index contributed by atoms with van der Waals surface area (Å²) in [7, 11) is 0. The van der Waals surface area contributed by atoms with Gasteiger partial charge in [0.15, 0.2) is 0 Å². The average molecular weight is 415 g/mol. The van der Waals surface area contributed by atoms with Crippen LogP contribution in [0.15, 0.2) is 72.8 Å². The number of hydrogen-bond donors (Lipinski definition) is 0. The maximum Gasteiger partial charge on any atom is 0.0751 e. The van der Waals surface area contributed by atoms with Crippen molar-refractivity contribution in [2.24, 2.45) is 0 Å². The average Bonchev–Trinajstić information content (AvgIpc) is 2.74. The Balaban J connectivity index is 2.04. The molecule has 0 saturated carbocycles. The molecule has 150 valence electrons. The summed E-state index contributed by atoms with van der Waals surface area (Å²) in [6, 6.07) is 23.5. The number of fused-ring (bicyclic) bond motifs is 1. The van der Waals surface area contributed by atoms with Crippen LogP contribution in [0.1, 0.15) is 24.5 Å². The van der Waals surface area contributed by atoms with E-state index >= 15 is 0 Å². The Morgan fingerprint density at radius 2 is 1.70 bits per heavy atom. The summed E-state index contributed by atoms with van der Waals surface area (Å²) in [5.41, 5.74) is 5.97. The number of pyridine rings is 1. The molecule has 1 aromatic heterocycles. The van der Waals surface area contributed by atoms with E-state index in [9.17, 15) is 9.90 Å². The van der Waals surface area contributed by atoms with Gasteiger partial charge in [0, 0.05) is 28.4 Å². The molecule has 0 aliphatic carbocycles. The molecule has 4 rings (SSSR count). The monoisotopic (exact) mass is 414 g/mol. The number of hydrogen-bond acceptors (Lipinski definition) is 3. The second kappa shape index (κ2) is 8.68. The number of benzene rings is 3. The first-order valence-electron chi connectivity index (χ1n) is 10.0. The van der Waals surface area contributed by atoms with Crippen molar-refractivity contribution < 1.29 is 9.90 Å². The maximum atomic E-state index is 11.7. The summed E-state index contributed by atoms with van der Waals surface area (Å²) in [4.78, 5) is 16.6. The molecule has 0 bridgehead atoms. The molecule has 0 fully saturated rings. The molecule has 0 aliphatic rings. The van der Waals surface area contributed by atoms with Gasteiger partial charge in [-0.25, -0.2) is 4.98 Å². The number of carbonyl (C=O) groups is 1. The summed E-state index contributed by atoms with van der Waals surface area (Å²) in [5.74, 6) is -1.14. The predicted octanol–water partition coefficient (Wildman–Crippen LogP) is 5.47. The van der Waals surface area contributed by atoms with Crippen molar-refractivity contribution in [1.29, 1.82) is 0 Å². The Morgan fingerprint density at radius 1 is 0.967 bits per heavy atom. The van der Waals surface area contributed by atoms with Gasteiger partial charge in [0.2, 0.25) is 0 Å². The minimum absolute atomic E-state index is 0.230. The van der Waals surface area contributed by atoms with Crippen LogP contribution in [-0.4, -0.2) is 11.0 Å². The molecule has 4 aromatic rings. The molecule has 3 aromatic carbocycles. The number of carboxylic acid groups (broad SMARTS) is 1. The minimum atomic E-state index is -1.14. The quantitative estimate of drug-likeness (QED) is 0.420. The van der Waals surface area contributed by atoms with Crippen LogP contribution in [0.4, 0.5) is 0 Å². The van der Waals surface area contributed by atoms with Crippen molar-refractivity contribution >= 4 is 28.5 Å². The molecular weight excluding hydrogens is 394 g/mol. The van der Waals surface area contributed by atoms with Crippen LogP contribution >= 0.6 is 11.6 Å². The van der Waals surface area contributed by atoms with Gasteiger partial charge < -0.3 is 9.90 Å². The number of aliphatic carboxylic acids is 1. The third kappa shape index (κ3) is 4.07. The van der Waals surface area contributed by atoms with Gasteiger partial charge in [0.1, 0.15) is 0 Å². The van der Waals surface area contributed by atoms with Crippen molar-refractivity contribution in [3.05, 3.63) is 88.9 Å². The topological polar surface area (TPSA) is 53.0 Å². The van der Waals surface area contributed by atoms with E-state index in [4.69, 9.17) is 16.6 Å². The standard InChI is InChI=1S/C26H22ClNO2/c1-2-6-17-9-11-19(12-10-17)26-22(16-24(29)30)25(18-7-4-3-5-8-18)21-15-20(27)13-14-23(21)28-26/h3-5,7-15H,2,6,16H2,1H3,(H,29,30)/p-1. The largest absolute Gasteiger partial charge is 0.550 e. The van der Waals surface area contributed by atoms with Gasteiger partial charge >= 0.3 is 0 Å². The lowest BCUT2D eigenvalue weighted by atomic mass is 9.90. The molecule has 0 spiro atoms. The fourth-order valence-corrected chi connectivity index (χ4v) is 4.05. The lowest BCUT2D eigenvalue weighted by Crippen LogP contribution is -2.25. The number of carboxylic acids is 1. The maximum absolute atomic E-state index is 11.7. The van der Waals surface area contributed by atoms with Gasteiger partial charge in [-0.15, -0.1) is 0 Å². The molecule has 1 heterocycles. The summed E-state index contributed by atoms with van der Waals surface area (Å²) in [6.45, 7) is 2.15. The molecule has 0 radical (unpaired) electrons. The number of rotatable bonds is 6. The van der Waals surface area contributed by atoms with E-state index in [1.807, 2.05) is 54.6 Å². The second-order valence-corrected chi connectivity index (χ2v) is 7.77. The van der Waals surface area contributed by atoms with E-state index in [0.717, 1.165) is 40.4 Å².